The van der Waals surface area contributed by atoms with Crippen LogP contribution in [0.15, 0.2) is 30.9 Å². The molecule has 0 aliphatic carbocycles. The maximum absolute atomic E-state index is 5.42. The highest BCUT2D eigenvalue weighted by Crippen LogP contribution is 2.28. The fourth-order valence-electron chi connectivity index (χ4n) is 1.70. The summed E-state index contributed by atoms with van der Waals surface area (Å²) < 4.78 is 5.42. The van der Waals surface area contributed by atoms with Gasteiger partial charge in [-0.05, 0) is 17.2 Å². The number of benzene rings is 1. The molecule has 74 valence electrons. The Labute approximate surface area is 83.5 Å². The van der Waals surface area contributed by atoms with Crippen molar-refractivity contribution in [1.29, 1.82) is 0 Å². The molecule has 3 N–H and O–H groups in total. The third kappa shape index (κ3) is 1.52. The first kappa shape index (κ1) is 9.24. The third-order valence-corrected chi connectivity index (χ3v) is 2.49. The predicted octanol–water partition coefficient (Wildman–Crippen LogP) is 1.31. The molecule has 3 heteroatoms. The van der Waals surface area contributed by atoms with Crippen molar-refractivity contribution in [2.24, 2.45) is 5.84 Å². The number of nitrogens with one attached hydrogen (secondary N) is 1. The van der Waals surface area contributed by atoms with Crippen LogP contribution in [0.25, 0.3) is 0 Å². The van der Waals surface area contributed by atoms with Gasteiger partial charge < -0.3 is 4.74 Å². The Bertz CT molecular complexity index is 349. The molecule has 1 aromatic carbocycles. The van der Waals surface area contributed by atoms with E-state index in [4.69, 9.17) is 10.6 Å². The molecule has 0 saturated heterocycles. The number of hydrazine groups is 1. The second kappa shape index (κ2) is 3.82. The zero-order valence-electron chi connectivity index (χ0n) is 7.99. The fourth-order valence-corrected chi connectivity index (χ4v) is 1.70. The van der Waals surface area contributed by atoms with Crippen LogP contribution in [-0.2, 0) is 6.42 Å². The van der Waals surface area contributed by atoms with Crippen molar-refractivity contribution < 1.29 is 4.74 Å². The Hall–Kier alpha value is -1.32. The van der Waals surface area contributed by atoms with E-state index in [1.807, 2.05) is 12.1 Å². The molecule has 0 radical (unpaired) electrons. The normalized spacial score (nSPS) is 15.8. The number of nitrogens with two attached hydrogens (primary N) is 1. The number of ether oxygens (including phenoxy) is 1. The lowest BCUT2D eigenvalue weighted by Gasteiger charge is -2.12. The highest BCUT2D eigenvalue weighted by Gasteiger charge is 2.14. The van der Waals surface area contributed by atoms with Crippen LogP contribution in [-0.4, -0.2) is 6.61 Å². The Balaban J connectivity index is 2.32. The molecule has 2 rings (SSSR count). The van der Waals surface area contributed by atoms with Crippen LogP contribution in [0, 0.1) is 0 Å². The molecule has 1 atom stereocenters. The van der Waals surface area contributed by atoms with Crippen molar-refractivity contribution in [3.05, 3.63) is 42.0 Å². The van der Waals surface area contributed by atoms with Crippen LogP contribution in [0.5, 0.6) is 5.75 Å². The molecule has 0 aromatic heterocycles. The Morgan fingerprint density at radius 3 is 3.14 bits per heavy atom. The lowest BCUT2D eigenvalue weighted by Crippen LogP contribution is -2.26. The van der Waals surface area contributed by atoms with Crippen LogP contribution in [0.1, 0.15) is 17.2 Å². The average Bonchev–Trinajstić information content (AvgIpc) is 2.66. The lowest BCUT2D eigenvalue weighted by atomic mass is 10.0. The van der Waals surface area contributed by atoms with Gasteiger partial charge in [0.05, 0.1) is 12.6 Å². The van der Waals surface area contributed by atoms with E-state index in [1.165, 1.54) is 5.56 Å². The first-order valence-corrected chi connectivity index (χ1v) is 4.69. The molecule has 0 spiro atoms. The van der Waals surface area contributed by atoms with Gasteiger partial charge in [-0.3, -0.25) is 5.84 Å². The smallest absolute Gasteiger partial charge is 0.122 e. The van der Waals surface area contributed by atoms with E-state index >= 15 is 0 Å². The zero-order chi connectivity index (χ0) is 9.97. The molecule has 1 aliphatic rings. The van der Waals surface area contributed by atoms with E-state index in [-0.39, 0.29) is 6.04 Å². The summed E-state index contributed by atoms with van der Waals surface area (Å²) in [4.78, 5) is 0. The largest absolute Gasteiger partial charge is 0.493 e. The molecule has 0 fully saturated rings. The summed E-state index contributed by atoms with van der Waals surface area (Å²) in [5.74, 6) is 6.40. The minimum Gasteiger partial charge on any atom is -0.493 e. The van der Waals surface area contributed by atoms with E-state index in [9.17, 15) is 0 Å². The highest BCUT2D eigenvalue weighted by atomic mass is 16.5. The molecule has 1 heterocycles. The van der Waals surface area contributed by atoms with Gasteiger partial charge in [-0.2, -0.15) is 0 Å². The van der Waals surface area contributed by atoms with Gasteiger partial charge in [0.1, 0.15) is 5.75 Å². The second-order valence-corrected chi connectivity index (χ2v) is 3.35. The summed E-state index contributed by atoms with van der Waals surface area (Å²) in [5.41, 5.74) is 5.09. The van der Waals surface area contributed by atoms with Crippen LogP contribution in [0.4, 0.5) is 0 Å². The van der Waals surface area contributed by atoms with Crippen LogP contribution >= 0.6 is 0 Å². The van der Waals surface area contributed by atoms with E-state index in [1.54, 1.807) is 6.08 Å². The van der Waals surface area contributed by atoms with E-state index in [0.717, 1.165) is 24.3 Å². The Kier molecular flexibility index (Phi) is 2.52. The maximum atomic E-state index is 5.42. The number of hydrogen-bond acceptors (Lipinski definition) is 3. The van der Waals surface area contributed by atoms with E-state index < -0.39 is 0 Å². The van der Waals surface area contributed by atoms with Gasteiger partial charge in [0.2, 0.25) is 0 Å². The van der Waals surface area contributed by atoms with Crippen molar-refractivity contribution in [3.8, 4) is 5.75 Å². The van der Waals surface area contributed by atoms with Crippen LogP contribution < -0.4 is 16.0 Å². The standard InChI is InChI=1S/C11H14N2O/c1-2-10(13-12)8-3-4-11-9(7-8)5-6-14-11/h2-4,7,10,13H,1,5-6,12H2. The van der Waals surface area contributed by atoms with Gasteiger partial charge in [-0.1, -0.05) is 18.2 Å². The number of hydrogen-bond donors (Lipinski definition) is 2. The predicted molar refractivity (Wildman–Crippen MR) is 55.9 cm³/mol. The van der Waals surface area contributed by atoms with Gasteiger partial charge in [0, 0.05) is 6.42 Å². The molecule has 1 aliphatic heterocycles. The summed E-state index contributed by atoms with van der Waals surface area (Å²) in [7, 11) is 0. The molecular formula is C11H14N2O. The van der Waals surface area contributed by atoms with Gasteiger partial charge in [0.25, 0.3) is 0 Å². The minimum atomic E-state index is 0.0147. The highest BCUT2D eigenvalue weighted by molar-refractivity contribution is 5.41. The van der Waals surface area contributed by atoms with E-state index in [0.29, 0.717) is 0 Å². The Morgan fingerprint density at radius 1 is 1.57 bits per heavy atom. The third-order valence-electron chi connectivity index (χ3n) is 2.49. The summed E-state index contributed by atoms with van der Waals surface area (Å²) in [5, 5.41) is 0. The zero-order valence-corrected chi connectivity index (χ0v) is 7.99. The average molecular weight is 190 g/mol. The molecule has 3 nitrogen and oxygen atoms in total. The SMILES string of the molecule is C=CC(NN)c1ccc2c(c1)CCO2. The molecule has 0 bridgehead atoms. The van der Waals surface area contributed by atoms with Gasteiger partial charge in [-0.15, -0.1) is 6.58 Å². The quantitative estimate of drug-likeness (QED) is 0.429. The minimum absolute atomic E-state index is 0.0147. The summed E-state index contributed by atoms with van der Waals surface area (Å²) >= 11 is 0. The monoisotopic (exact) mass is 190 g/mol. The lowest BCUT2D eigenvalue weighted by molar-refractivity contribution is 0.357. The fraction of sp³-hybridized carbons (Fsp3) is 0.273. The van der Waals surface area contributed by atoms with Crippen molar-refractivity contribution >= 4 is 0 Å². The maximum Gasteiger partial charge on any atom is 0.122 e. The summed E-state index contributed by atoms with van der Waals surface area (Å²) in [6, 6.07) is 6.14. The van der Waals surface area contributed by atoms with Crippen LogP contribution in [0.3, 0.4) is 0 Å². The second-order valence-electron chi connectivity index (χ2n) is 3.35. The molecule has 0 amide bonds. The van der Waals surface area contributed by atoms with Crippen molar-refractivity contribution in [2.45, 2.75) is 12.5 Å². The first-order valence-electron chi connectivity index (χ1n) is 4.69. The number of fused-ring (bicyclic) bond motifs is 1. The van der Waals surface area contributed by atoms with Gasteiger partial charge in [-0.25, -0.2) is 5.43 Å². The van der Waals surface area contributed by atoms with Crippen molar-refractivity contribution in [3.63, 3.8) is 0 Å². The van der Waals surface area contributed by atoms with Gasteiger partial charge >= 0.3 is 0 Å². The van der Waals surface area contributed by atoms with Crippen molar-refractivity contribution in [1.82, 2.24) is 5.43 Å². The van der Waals surface area contributed by atoms with Crippen LogP contribution in [0.2, 0.25) is 0 Å². The Morgan fingerprint density at radius 2 is 2.43 bits per heavy atom. The van der Waals surface area contributed by atoms with E-state index in [2.05, 4.69) is 18.1 Å². The molecule has 14 heavy (non-hydrogen) atoms. The molecular weight excluding hydrogens is 176 g/mol. The molecule has 1 unspecified atom stereocenters. The van der Waals surface area contributed by atoms with Gasteiger partial charge in [0.15, 0.2) is 0 Å². The topological polar surface area (TPSA) is 47.3 Å². The first-order chi connectivity index (χ1) is 6.85. The summed E-state index contributed by atoms with van der Waals surface area (Å²) in [6.45, 7) is 4.51. The summed E-state index contributed by atoms with van der Waals surface area (Å²) in [6.07, 6.45) is 2.77. The number of rotatable bonds is 3. The van der Waals surface area contributed by atoms with Crippen molar-refractivity contribution in [2.75, 3.05) is 6.61 Å². The molecule has 1 aromatic rings. The molecule has 0 saturated carbocycles.